The Morgan fingerprint density at radius 1 is 1.16 bits per heavy atom. The van der Waals surface area contributed by atoms with Gasteiger partial charge in [-0.25, -0.2) is 9.37 Å². The van der Waals surface area contributed by atoms with Crippen LogP contribution in [0.15, 0.2) is 59.5 Å². The highest BCUT2D eigenvalue weighted by Crippen LogP contribution is 2.27. The molecule has 7 heteroatoms. The molecule has 0 saturated carbocycles. The number of hydrogen-bond donors (Lipinski definition) is 1. The summed E-state index contributed by atoms with van der Waals surface area (Å²) < 4.78 is 22.4. The lowest BCUT2D eigenvalue weighted by molar-refractivity contribution is 0.305. The average Bonchev–Trinajstić information content (AvgIpc) is 2.93. The predicted molar refractivity (Wildman–Crippen MR) is 117 cm³/mol. The van der Waals surface area contributed by atoms with Gasteiger partial charge in [0.1, 0.15) is 29.6 Å². The lowest BCUT2D eigenvalue weighted by atomic mass is 10.1. The van der Waals surface area contributed by atoms with E-state index in [9.17, 15) is 9.18 Å². The van der Waals surface area contributed by atoms with E-state index in [-0.39, 0.29) is 18.0 Å². The highest BCUT2D eigenvalue weighted by atomic mass is 19.1. The van der Waals surface area contributed by atoms with Crippen LogP contribution in [0.4, 0.5) is 4.39 Å². The number of ether oxygens (including phenoxy) is 1. The molecule has 0 amide bonds. The molecule has 1 aliphatic heterocycles. The molecule has 4 aromatic rings. The highest BCUT2D eigenvalue weighted by molar-refractivity contribution is 5.83. The average molecular weight is 418 g/mol. The number of pyridine rings is 2. The van der Waals surface area contributed by atoms with Gasteiger partial charge in [-0.2, -0.15) is 0 Å². The van der Waals surface area contributed by atoms with Gasteiger partial charge in [-0.05, 0) is 60.8 Å². The van der Waals surface area contributed by atoms with Crippen molar-refractivity contribution < 1.29 is 9.13 Å². The lowest BCUT2D eigenvalue weighted by Crippen LogP contribution is -2.18. The summed E-state index contributed by atoms with van der Waals surface area (Å²) >= 11 is 0. The van der Waals surface area contributed by atoms with E-state index in [1.165, 1.54) is 34.0 Å². The summed E-state index contributed by atoms with van der Waals surface area (Å²) in [4.78, 5) is 17.5. The van der Waals surface area contributed by atoms with Crippen LogP contribution in [-0.4, -0.2) is 20.7 Å². The number of halogens is 1. The summed E-state index contributed by atoms with van der Waals surface area (Å²) in [6.45, 7) is 2.12. The molecule has 0 atom stereocenters. The highest BCUT2D eigenvalue weighted by Gasteiger charge is 2.18. The summed E-state index contributed by atoms with van der Waals surface area (Å²) in [6, 6.07) is 13.2. The van der Waals surface area contributed by atoms with E-state index < -0.39 is 0 Å². The second kappa shape index (κ2) is 8.00. The minimum absolute atomic E-state index is 0.221. The third-order valence-electron chi connectivity index (χ3n) is 5.78. The van der Waals surface area contributed by atoms with Gasteiger partial charge in [0.05, 0.1) is 0 Å². The zero-order valence-corrected chi connectivity index (χ0v) is 17.3. The first-order valence-electron chi connectivity index (χ1n) is 10.4. The Hall–Kier alpha value is -3.45. The predicted octanol–water partition coefficient (Wildman–Crippen LogP) is 3.48. The van der Waals surface area contributed by atoms with Crippen LogP contribution in [0.2, 0.25) is 0 Å². The zero-order chi connectivity index (χ0) is 21.4. The molecule has 0 spiro atoms. The zero-order valence-electron chi connectivity index (χ0n) is 17.3. The Morgan fingerprint density at radius 2 is 2.00 bits per heavy atom. The molecule has 3 aromatic heterocycles. The van der Waals surface area contributed by atoms with Crippen LogP contribution in [0.3, 0.4) is 0 Å². The SMILES string of the molecule is Cn1c2c(c3ccc(-n4ccc(OCc5ccc(F)cc5)cc4=O)nc31)CNCCC2. The van der Waals surface area contributed by atoms with Crippen molar-refractivity contribution in [3.63, 3.8) is 0 Å². The van der Waals surface area contributed by atoms with Crippen molar-refractivity contribution in [2.24, 2.45) is 7.05 Å². The number of aromatic nitrogens is 3. The van der Waals surface area contributed by atoms with E-state index in [1.807, 2.05) is 13.1 Å². The molecule has 4 heterocycles. The Bertz CT molecular complexity index is 1310. The fourth-order valence-electron chi connectivity index (χ4n) is 4.15. The summed E-state index contributed by atoms with van der Waals surface area (Å²) in [5.74, 6) is 0.747. The van der Waals surface area contributed by atoms with E-state index in [0.717, 1.165) is 42.5 Å². The molecular formula is C24H23FN4O2. The van der Waals surface area contributed by atoms with Crippen molar-refractivity contribution in [1.29, 1.82) is 0 Å². The molecule has 158 valence electrons. The maximum atomic E-state index is 13.0. The Morgan fingerprint density at radius 3 is 2.81 bits per heavy atom. The summed E-state index contributed by atoms with van der Waals surface area (Å²) in [5.41, 5.74) is 4.10. The van der Waals surface area contributed by atoms with Crippen LogP contribution >= 0.6 is 0 Å². The summed E-state index contributed by atoms with van der Waals surface area (Å²) in [5, 5.41) is 4.60. The molecule has 0 fully saturated rings. The van der Waals surface area contributed by atoms with Crippen molar-refractivity contribution in [1.82, 2.24) is 19.4 Å². The van der Waals surface area contributed by atoms with Gasteiger partial charge in [0.2, 0.25) is 0 Å². The monoisotopic (exact) mass is 418 g/mol. The third kappa shape index (κ3) is 3.72. The molecule has 6 nitrogen and oxygen atoms in total. The molecule has 1 aromatic carbocycles. The van der Waals surface area contributed by atoms with Gasteiger partial charge >= 0.3 is 0 Å². The largest absolute Gasteiger partial charge is 0.489 e. The minimum atomic E-state index is -0.290. The lowest BCUT2D eigenvalue weighted by Gasteiger charge is -2.09. The van der Waals surface area contributed by atoms with Crippen LogP contribution in [0.25, 0.3) is 16.9 Å². The molecule has 1 N–H and O–H groups in total. The van der Waals surface area contributed by atoms with E-state index in [4.69, 9.17) is 9.72 Å². The van der Waals surface area contributed by atoms with E-state index in [0.29, 0.717) is 11.6 Å². The standard InChI is InChI=1S/C24H23FN4O2/c1-28-21-3-2-11-26-14-20(21)19-8-9-22(27-24(19)28)29-12-10-18(13-23(29)30)31-15-16-4-6-17(25)7-5-16/h4-10,12-13,26H,2-3,11,14-15H2,1H3. The molecule has 0 aliphatic carbocycles. The number of nitrogens with zero attached hydrogens (tertiary/aromatic N) is 3. The van der Waals surface area contributed by atoms with Gasteiger partial charge in [0, 0.05) is 36.9 Å². The number of hydrogen-bond acceptors (Lipinski definition) is 4. The number of fused-ring (bicyclic) bond motifs is 3. The topological polar surface area (TPSA) is 61.1 Å². The van der Waals surface area contributed by atoms with Gasteiger partial charge in [-0.15, -0.1) is 0 Å². The summed E-state index contributed by atoms with van der Waals surface area (Å²) in [6.07, 6.45) is 3.79. The van der Waals surface area contributed by atoms with E-state index >= 15 is 0 Å². The van der Waals surface area contributed by atoms with Crippen molar-refractivity contribution in [3.8, 4) is 11.6 Å². The normalized spacial score (nSPS) is 13.7. The Balaban J connectivity index is 1.42. The maximum Gasteiger partial charge on any atom is 0.259 e. The fraction of sp³-hybridized carbons (Fsp3) is 0.250. The maximum absolute atomic E-state index is 13.0. The van der Waals surface area contributed by atoms with Crippen molar-refractivity contribution in [3.05, 3.63) is 87.7 Å². The summed E-state index contributed by atoms with van der Waals surface area (Å²) in [7, 11) is 2.04. The van der Waals surface area contributed by atoms with Gasteiger partial charge in [0.15, 0.2) is 0 Å². The molecule has 5 rings (SSSR count). The van der Waals surface area contributed by atoms with Gasteiger partial charge in [-0.1, -0.05) is 12.1 Å². The second-order valence-electron chi connectivity index (χ2n) is 7.79. The van der Waals surface area contributed by atoms with Crippen LogP contribution in [-0.2, 0) is 26.6 Å². The Labute approximate surface area is 178 Å². The van der Waals surface area contributed by atoms with Crippen LogP contribution in [0.5, 0.6) is 5.75 Å². The smallest absolute Gasteiger partial charge is 0.259 e. The molecule has 0 unspecified atom stereocenters. The first kappa shape index (κ1) is 19.5. The molecule has 0 radical (unpaired) electrons. The van der Waals surface area contributed by atoms with Crippen LogP contribution in [0.1, 0.15) is 23.2 Å². The molecule has 1 aliphatic rings. The van der Waals surface area contributed by atoms with Crippen molar-refractivity contribution in [2.75, 3.05) is 6.54 Å². The molecule has 0 bridgehead atoms. The molecular weight excluding hydrogens is 395 g/mol. The Kier molecular flexibility index (Phi) is 5.03. The molecule has 31 heavy (non-hydrogen) atoms. The number of rotatable bonds is 4. The quantitative estimate of drug-likeness (QED) is 0.551. The van der Waals surface area contributed by atoms with E-state index in [2.05, 4.69) is 16.0 Å². The van der Waals surface area contributed by atoms with E-state index in [1.54, 1.807) is 24.4 Å². The van der Waals surface area contributed by atoms with Crippen molar-refractivity contribution in [2.45, 2.75) is 26.0 Å². The first-order valence-corrected chi connectivity index (χ1v) is 10.4. The van der Waals surface area contributed by atoms with Gasteiger partial charge in [-0.3, -0.25) is 9.36 Å². The van der Waals surface area contributed by atoms with Crippen LogP contribution < -0.4 is 15.6 Å². The minimum Gasteiger partial charge on any atom is -0.489 e. The fourth-order valence-corrected chi connectivity index (χ4v) is 4.15. The third-order valence-corrected chi connectivity index (χ3v) is 5.78. The van der Waals surface area contributed by atoms with Gasteiger partial charge < -0.3 is 14.6 Å². The second-order valence-corrected chi connectivity index (χ2v) is 7.79. The number of nitrogens with one attached hydrogen (secondary N) is 1. The van der Waals surface area contributed by atoms with Gasteiger partial charge in [0.25, 0.3) is 5.56 Å². The van der Waals surface area contributed by atoms with Crippen LogP contribution in [0, 0.1) is 5.82 Å². The first-order chi connectivity index (χ1) is 15.1. The molecule has 0 saturated heterocycles. The number of aryl methyl sites for hydroxylation is 1. The van der Waals surface area contributed by atoms with Crippen molar-refractivity contribution >= 4 is 11.0 Å². The number of benzene rings is 1.